The molecule has 0 unspecified atom stereocenters. The van der Waals surface area contributed by atoms with Crippen LogP contribution in [0.4, 0.5) is 0 Å². The van der Waals surface area contributed by atoms with Gasteiger partial charge in [-0.05, 0) is 18.9 Å². The van der Waals surface area contributed by atoms with E-state index in [1.807, 2.05) is 0 Å². The first-order valence-electron chi connectivity index (χ1n) is 5.86. The van der Waals surface area contributed by atoms with E-state index in [0.717, 1.165) is 12.8 Å². The highest BCUT2D eigenvalue weighted by Crippen LogP contribution is 2.38. The van der Waals surface area contributed by atoms with Gasteiger partial charge in [0.25, 0.3) is 5.89 Å². The lowest BCUT2D eigenvalue weighted by atomic mass is 10.2. The quantitative estimate of drug-likeness (QED) is 0.872. The van der Waals surface area contributed by atoms with Gasteiger partial charge in [-0.3, -0.25) is 4.98 Å². The van der Waals surface area contributed by atoms with Crippen LogP contribution in [0.25, 0.3) is 0 Å². The maximum atomic E-state index is 11.0. The summed E-state index contributed by atoms with van der Waals surface area (Å²) in [4.78, 5) is 19.0. The van der Waals surface area contributed by atoms with Crippen LogP contribution in [0.3, 0.4) is 0 Å². The molecule has 0 saturated heterocycles. The van der Waals surface area contributed by atoms with Crippen LogP contribution in [0.1, 0.15) is 40.8 Å². The fourth-order valence-electron chi connectivity index (χ4n) is 1.65. The summed E-state index contributed by atoms with van der Waals surface area (Å²) in [5, 5.41) is 12.8. The fraction of sp³-hybridized carbons (Fsp3) is 0.333. The van der Waals surface area contributed by atoms with Gasteiger partial charge in [0.15, 0.2) is 18.2 Å². The zero-order valence-electron chi connectivity index (χ0n) is 9.94. The molecule has 0 amide bonds. The van der Waals surface area contributed by atoms with E-state index >= 15 is 0 Å². The minimum absolute atomic E-state index is 0.0334. The van der Waals surface area contributed by atoms with Crippen LogP contribution in [0.5, 0.6) is 5.75 Å². The second kappa shape index (κ2) is 4.68. The van der Waals surface area contributed by atoms with Crippen LogP contribution in [0.15, 0.2) is 23.0 Å². The van der Waals surface area contributed by atoms with E-state index in [1.54, 1.807) is 0 Å². The molecule has 0 aliphatic heterocycles. The van der Waals surface area contributed by atoms with Crippen molar-refractivity contribution < 1.29 is 19.2 Å². The molecule has 1 fully saturated rings. The molecule has 19 heavy (non-hydrogen) atoms. The molecule has 7 nitrogen and oxygen atoms in total. The molecule has 3 rings (SSSR count). The number of ether oxygens (including phenoxy) is 1. The molecular weight excluding hydrogens is 250 g/mol. The van der Waals surface area contributed by atoms with Crippen molar-refractivity contribution in [1.82, 2.24) is 15.1 Å². The minimum atomic E-state index is -1.07. The van der Waals surface area contributed by atoms with Crippen LogP contribution < -0.4 is 4.74 Å². The van der Waals surface area contributed by atoms with Gasteiger partial charge >= 0.3 is 5.97 Å². The average Bonchev–Trinajstić information content (AvgIpc) is 3.16. The molecule has 1 aliphatic rings. The molecule has 2 aromatic heterocycles. The lowest BCUT2D eigenvalue weighted by Gasteiger charge is -2.05. The Bertz CT molecular complexity index is 607. The monoisotopic (exact) mass is 261 g/mol. The Hall–Kier alpha value is -2.44. The van der Waals surface area contributed by atoms with Crippen molar-refractivity contribution in [3.05, 3.63) is 35.7 Å². The first-order chi connectivity index (χ1) is 9.24. The van der Waals surface area contributed by atoms with Gasteiger partial charge in [0, 0.05) is 12.1 Å². The number of hydrogen-bond acceptors (Lipinski definition) is 6. The van der Waals surface area contributed by atoms with Crippen LogP contribution in [0, 0.1) is 0 Å². The van der Waals surface area contributed by atoms with Crippen molar-refractivity contribution in [3.63, 3.8) is 0 Å². The molecule has 7 heteroatoms. The van der Waals surface area contributed by atoms with E-state index in [4.69, 9.17) is 14.4 Å². The number of aromatic carboxylic acids is 1. The topological polar surface area (TPSA) is 98.3 Å². The standard InChI is InChI=1S/C12H11N3O4/c16-12(17)8-3-4-13-5-9(8)18-6-10-14-11(15-19-10)7-1-2-7/h3-5,7H,1-2,6H2,(H,16,17). The van der Waals surface area contributed by atoms with Gasteiger partial charge in [-0.15, -0.1) is 0 Å². The minimum Gasteiger partial charge on any atom is -0.481 e. The van der Waals surface area contributed by atoms with E-state index in [0.29, 0.717) is 17.6 Å². The molecule has 2 heterocycles. The Balaban J connectivity index is 1.69. The number of rotatable bonds is 5. The van der Waals surface area contributed by atoms with Crippen molar-refractivity contribution in [2.24, 2.45) is 0 Å². The Labute approximate surface area is 108 Å². The van der Waals surface area contributed by atoms with Gasteiger partial charge in [-0.25, -0.2) is 4.79 Å². The van der Waals surface area contributed by atoms with E-state index in [-0.39, 0.29) is 17.9 Å². The first-order valence-corrected chi connectivity index (χ1v) is 5.86. The maximum Gasteiger partial charge on any atom is 0.339 e. The molecule has 0 aromatic carbocycles. The van der Waals surface area contributed by atoms with Crippen molar-refractivity contribution >= 4 is 5.97 Å². The molecule has 0 atom stereocenters. The Kier molecular flexibility index (Phi) is 2.86. The number of aromatic nitrogens is 3. The predicted molar refractivity (Wildman–Crippen MR) is 61.8 cm³/mol. The summed E-state index contributed by atoms with van der Waals surface area (Å²) in [6.07, 6.45) is 4.92. The van der Waals surface area contributed by atoms with Gasteiger partial charge < -0.3 is 14.4 Å². The largest absolute Gasteiger partial charge is 0.481 e. The molecular formula is C12H11N3O4. The molecule has 0 spiro atoms. The highest BCUT2D eigenvalue weighted by atomic mass is 16.5. The third kappa shape index (κ3) is 2.54. The molecule has 0 bridgehead atoms. The summed E-state index contributed by atoms with van der Waals surface area (Å²) < 4.78 is 10.4. The van der Waals surface area contributed by atoms with Gasteiger partial charge in [-0.2, -0.15) is 4.98 Å². The summed E-state index contributed by atoms with van der Waals surface area (Å²) in [6.45, 7) is 0.0334. The van der Waals surface area contributed by atoms with E-state index in [9.17, 15) is 4.79 Å². The van der Waals surface area contributed by atoms with Gasteiger partial charge in [0.05, 0.1) is 6.20 Å². The van der Waals surface area contributed by atoms with Crippen LogP contribution >= 0.6 is 0 Å². The molecule has 1 aliphatic carbocycles. The smallest absolute Gasteiger partial charge is 0.339 e. The Morgan fingerprint density at radius 1 is 1.53 bits per heavy atom. The van der Waals surface area contributed by atoms with E-state index in [2.05, 4.69) is 15.1 Å². The van der Waals surface area contributed by atoms with E-state index < -0.39 is 5.97 Å². The SMILES string of the molecule is O=C(O)c1ccncc1OCc1nc(C2CC2)no1. The normalized spacial score (nSPS) is 14.3. The highest BCUT2D eigenvalue weighted by molar-refractivity contribution is 5.90. The number of carbonyl (C=O) groups is 1. The van der Waals surface area contributed by atoms with Crippen molar-refractivity contribution in [1.29, 1.82) is 0 Å². The summed E-state index contributed by atoms with van der Waals surface area (Å²) in [5.41, 5.74) is 0.0527. The van der Waals surface area contributed by atoms with Crippen molar-refractivity contribution in [2.75, 3.05) is 0 Å². The molecule has 1 saturated carbocycles. The third-order valence-electron chi connectivity index (χ3n) is 2.79. The average molecular weight is 261 g/mol. The summed E-state index contributed by atoms with van der Waals surface area (Å²) in [6, 6.07) is 1.38. The number of carboxylic acid groups (broad SMARTS) is 1. The zero-order valence-corrected chi connectivity index (χ0v) is 9.94. The summed E-state index contributed by atoms with van der Waals surface area (Å²) in [7, 11) is 0. The number of nitrogens with zero attached hydrogens (tertiary/aromatic N) is 3. The lowest BCUT2D eigenvalue weighted by molar-refractivity contribution is 0.0690. The van der Waals surface area contributed by atoms with Gasteiger partial charge in [-0.1, -0.05) is 5.16 Å². The second-order valence-corrected chi connectivity index (χ2v) is 4.29. The van der Waals surface area contributed by atoms with Gasteiger partial charge in [0.1, 0.15) is 5.56 Å². The summed E-state index contributed by atoms with van der Waals surface area (Å²) in [5.74, 6) is 0.554. The maximum absolute atomic E-state index is 11.0. The molecule has 1 N–H and O–H groups in total. The number of carboxylic acids is 1. The number of hydrogen-bond donors (Lipinski definition) is 1. The van der Waals surface area contributed by atoms with Crippen LogP contribution in [-0.4, -0.2) is 26.2 Å². The van der Waals surface area contributed by atoms with Crippen LogP contribution in [-0.2, 0) is 6.61 Å². The van der Waals surface area contributed by atoms with Crippen molar-refractivity contribution in [3.8, 4) is 5.75 Å². The van der Waals surface area contributed by atoms with Crippen LogP contribution in [0.2, 0.25) is 0 Å². The molecule has 2 aromatic rings. The van der Waals surface area contributed by atoms with E-state index in [1.165, 1.54) is 18.5 Å². The Morgan fingerprint density at radius 2 is 2.37 bits per heavy atom. The summed E-state index contributed by atoms with van der Waals surface area (Å²) >= 11 is 0. The zero-order chi connectivity index (χ0) is 13.2. The predicted octanol–water partition coefficient (Wildman–Crippen LogP) is 1.62. The fourth-order valence-corrected chi connectivity index (χ4v) is 1.65. The lowest BCUT2D eigenvalue weighted by Crippen LogP contribution is -2.04. The first kappa shape index (κ1) is 11.6. The van der Waals surface area contributed by atoms with Gasteiger partial charge in [0.2, 0.25) is 0 Å². The number of pyridine rings is 1. The Morgan fingerprint density at radius 3 is 3.11 bits per heavy atom. The highest BCUT2D eigenvalue weighted by Gasteiger charge is 2.28. The second-order valence-electron chi connectivity index (χ2n) is 4.29. The third-order valence-corrected chi connectivity index (χ3v) is 2.79. The molecule has 0 radical (unpaired) electrons. The van der Waals surface area contributed by atoms with Crippen molar-refractivity contribution in [2.45, 2.75) is 25.4 Å². The molecule has 98 valence electrons.